The van der Waals surface area contributed by atoms with Gasteiger partial charge in [-0.1, -0.05) is 23.7 Å². The number of rotatable bonds is 6. The van der Waals surface area contributed by atoms with Gasteiger partial charge in [0, 0.05) is 49.6 Å². The molecule has 0 atom stereocenters. The zero-order chi connectivity index (χ0) is 20.2. The molecule has 0 aliphatic carbocycles. The Labute approximate surface area is 174 Å². The largest absolute Gasteiger partial charge is 0.341 e. The number of Topliss-reactive ketones (excluding diaryl/α,β-unsaturated/α-hetero) is 1. The molecule has 0 saturated carbocycles. The van der Waals surface area contributed by atoms with Crippen LogP contribution in [0.1, 0.15) is 29.0 Å². The molecule has 2 aromatic carbocycles. The zero-order valence-corrected chi connectivity index (χ0v) is 16.9. The molecule has 1 amide bonds. The van der Waals surface area contributed by atoms with Crippen molar-refractivity contribution in [2.45, 2.75) is 19.4 Å². The Morgan fingerprint density at radius 3 is 2.41 bits per heavy atom. The molecule has 0 spiro atoms. The number of amides is 1. The summed E-state index contributed by atoms with van der Waals surface area (Å²) in [4.78, 5) is 36.8. The van der Waals surface area contributed by atoms with Crippen molar-refractivity contribution in [2.24, 2.45) is 0 Å². The normalized spacial score (nSPS) is 15.0. The summed E-state index contributed by atoms with van der Waals surface area (Å²) in [6, 6.07) is 14.8. The van der Waals surface area contributed by atoms with E-state index in [-0.39, 0.29) is 24.5 Å². The van der Waals surface area contributed by atoms with E-state index in [0.29, 0.717) is 23.7 Å². The molecule has 29 heavy (non-hydrogen) atoms. The number of H-pyrrole nitrogens is 1. The Hall–Kier alpha value is -2.70. The molecule has 6 nitrogen and oxygen atoms in total. The van der Waals surface area contributed by atoms with Crippen molar-refractivity contribution >= 4 is 34.3 Å². The lowest BCUT2D eigenvalue weighted by Crippen LogP contribution is -2.48. The van der Waals surface area contributed by atoms with Crippen LogP contribution in [0.2, 0.25) is 5.02 Å². The van der Waals surface area contributed by atoms with E-state index in [9.17, 15) is 9.59 Å². The minimum Gasteiger partial charge on any atom is -0.341 e. The molecule has 4 rings (SSSR count). The molecule has 3 aromatic rings. The second kappa shape index (κ2) is 8.76. The van der Waals surface area contributed by atoms with Gasteiger partial charge in [0.1, 0.15) is 5.82 Å². The molecule has 1 fully saturated rings. The van der Waals surface area contributed by atoms with Crippen molar-refractivity contribution in [3.05, 3.63) is 64.9 Å². The maximum Gasteiger partial charge on any atom is 0.223 e. The SMILES string of the molecule is O=C(CCC(=O)N1CCN(Cc2nc3ccccc3[nH]2)CC1)c1ccc(Cl)cc1. The number of benzene rings is 2. The predicted octanol–water partition coefficient (Wildman–Crippen LogP) is 3.52. The topological polar surface area (TPSA) is 69.3 Å². The number of para-hydroxylation sites is 2. The van der Waals surface area contributed by atoms with Crippen LogP contribution in [0.15, 0.2) is 48.5 Å². The van der Waals surface area contributed by atoms with Crippen LogP contribution in [0.4, 0.5) is 0 Å². The third-order valence-electron chi connectivity index (χ3n) is 5.27. The number of piperazine rings is 1. The van der Waals surface area contributed by atoms with E-state index < -0.39 is 0 Å². The smallest absolute Gasteiger partial charge is 0.223 e. The third kappa shape index (κ3) is 4.83. The van der Waals surface area contributed by atoms with Gasteiger partial charge in [-0.05, 0) is 36.4 Å². The van der Waals surface area contributed by atoms with Gasteiger partial charge < -0.3 is 9.88 Å². The highest BCUT2D eigenvalue weighted by Crippen LogP contribution is 2.15. The minimum atomic E-state index is -0.0291. The molecule has 1 aliphatic rings. The highest BCUT2D eigenvalue weighted by atomic mass is 35.5. The number of imidazole rings is 1. The van der Waals surface area contributed by atoms with Crippen molar-refractivity contribution in [1.29, 1.82) is 0 Å². The van der Waals surface area contributed by atoms with Crippen molar-refractivity contribution < 1.29 is 9.59 Å². The van der Waals surface area contributed by atoms with Gasteiger partial charge in [-0.25, -0.2) is 4.98 Å². The van der Waals surface area contributed by atoms with Gasteiger partial charge in [0.2, 0.25) is 5.91 Å². The number of nitrogens with one attached hydrogen (secondary N) is 1. The van der Waals surface area contributed by atoms with E-state index in [1.54, 1.807) is 24.3 Å². The number of aromatic nitrogens is 2. The number of ketones is 1. The molecule has 0 bridgehead atoms. The fraction of sp³-hybridized carbons (Fsp3) is 0.318. The van der Waals surface area contributed by atoms with Crippen molar-refractivity contribution in [3.8, 4) is 0 Å². The van der Waals surface area contributed by atoms with E-state index in [1.807, 2.05) is 29.2 Å². The molecular formula is C22H23ClN4O2. The highest BCUT2D eigenvalue weighted by molar-refractivity contribution is 6.30. The summed E-state index contributed by atoms with van der Waals surface area (Å²) < 4.78 is 0. The summed E-state index contributed by atoms with van der Waals surface area (Å²) in [6.45, 7) is 3.69. The molecule has 1 aliphatic heterocycles. The number of nitrogens with zero attached hydrogens (tertiary/aromatic N) is 3. The standard InChI is InChI=1S/C22H23ClN4O2/c23-17-7-5-16(6-8-17)20(28)9-10-22(29)27-13-11-26(12-14-27)15-21-24-18-3-1-2-4-19(18)25-21/h1-8H,9-15H2,(H,24,25). The monoisotopic (exact) mass is 410 g/mol. The van der Waals surface area contributed by atoms with Crippen molar-refractivity contribution in [3.63, 3.8) is 0 Å². The Balaban J connectivity index is 1.24. The van der Waals surface area contributed by atoms with Gasteiger partial charge >= 0.3 is 0 Å². The molecule has 0 radical (unpaired) electrons. The summed E-state index contributed by atoms with van der Waals surface area (Å²) in [5.74, 6) is 0.953. The number of aromatic amines is 1. The van der Waals surface area contributed by atoms with Gasteiger partial charge in [0.25, 0.3) is 0 Å². The summed E-state index contributed by atoms with van der Waals surface area (Å²) in [6.07, 6.45) is 0.463. The Morgan fingerprint density at radius 1 is 0.966 bits per heavy atom. The lowest BCUT2D eigenvalue weighted by Gasteiger charge is -2.34. The Bertz CT molecular complexity index is 974. The van der Waals surface area contributed by atoms with E-state index in [4.69, 9.17) is 11.6 Å². The summed E-state index contributed by atoms with van der Waals surface area (Å²) >= 11 is 5.85. The molecule has 7 heteroatoms. The second-order valence-corrected chi connectivity index (χ2v) is 7.72. The third-order valence-corrected chi connectivity index (χ3v) is 5.52. The molecule has 1 saturated heterocycles. The van der Waals surface area contributed by atoms with Crippen LogP contribution in [0.3, 0.4) is 0 Å². The average molecular weight is 411 g/mol. The fourth-order valence-corrected chi connectivity index (χ4v) is 3.73. The molecular weight excluding hydrogens is 388 g/mol. The summed E-state index contributed by atoms with van der Waals surface area (Å²) in [5.41, 5.74) is 2.61. The number of carbonyl (C=O) groups excluding carboxylic acids is 2. The number of fused-ring (bicyclic) bond motifs is 1. The predicted molar refractivity (Wildman–Crippen MR) is 113 cm³/mol. The number of halogens is 1. The Kier molecular flexibility index (Phi) is 5.92. The lowest BCUT2D eigenvalue weighted by atomic mass is 10.1. The maximum atomic E-state index is 12.5. The van der Waals surface area contributed by atoms with Crippen LogP contribution in [0, 0.1) is 0 Å². The van der Waals surface area contributed by atoms with E-state index in [1.165, 1.54) is 0 Å². The first kappa shape index (κ1) is 19.6. The van der Waals surface area contributed by atoms with Crippen LogP contribution in [0.5, 0.6) is 0 Å². The molecule has 150 valence electrons. The van der Waals surface area contributed by atoms with Crippen molar-refractivity contribution in [2.75, 3.05) is 26.2 Å². The quantitative estimate of drug-likeness (QED) is 0.631. The van der Waals surface area contributed by atoms with Gasteiger partial charge in [-0.2, -0.15) is 0 Å². The molecule has 1 N–H and O–H groups in total. The average Bonchev–Trinajstić information content (AvgIpc) is 3.15. The van der Waals surface area contributed by atoms with Crippen LogP contribution in [-0.2, 0) is 11.3 Å². The number of carbonyl (C=O) groups is 2. The van der Waals surface area contributed by atoms with Crippen LogP contribution in [-0.4, -0.2) is 57.6 Å². The summed E-state index contributed by atoms with van der Waals surface area (Å²) in [7, 11) is 0. The second-order valence-electron chi connectivity index (χ2n) is 7.29. The fourth-order valence-electron chi connectivity index (χ4n) is 3.61. The van der Waals surface area contributed by atoms with Crippen LogP contribution >= 0.6 is 11.6 Å². The number of hydrogen-bond donors (Lipinski definition) is 1. The molecule has 0 unspecified atom stereocenters. The van der Waals surface area contributed by atoms with Crippen LogP contribution in [0.25, 0.3) is 11.0 Å². The minimum absolute atomic E-state index is 0.0291. The Morgan fingerprint density at radius 2 is 1.69 bits per heavy atom. The van der Waals surface area contributed by atoms with Crippen LogP contribution < -0.4 is 0 Å². The van der Waals surface area contributed by atoms with E-state index >= 15 is 0 Å². The van der Waals surface area contributed by atoms with Gasteiger partial charge in [-0.15, -0.1) is 0 Å². The zero-order valence-electron chi connectivity index (χ0n) is 16.1. The molecule has 1 aromatic heterocycles. The van der Waals surface area contributed by atoms with Gasteiger partial charge in [0.05, 0.1) is 17.6 Å². The van der Waals surface area contributed by atoms with E-state index in [2.05, 4.69) is 14.9 Å². The van der Waals surface area contributed by atoms with Gasteiger partial charge in [0.15, 0.2) is 5.78 Å². The van der Waals surface area contributed by atoms with Gasteiger partial charge in [-0.3, -0.25) is 14.5 Å². The summed E-state index contributed by atoms with van der Waals surface area (Å²) in [5, 5.41) is 0.596. The highest BCUT2D eigenvalue weighted by Gasteiger charge is 2.22. The molecule has 2 heterocycles. The lowest BCUT2D eigenvalue weighted by molar-refractivity contribution is -0.133. The first-order valence-corrected chi connectivity index (χ1v) is 10.2. The maximum absolute atomic E-state index is 12.5. The first-order valence-electron chi connectivity index (χ1n) is 9.81. The van der Waals surface area contributed by atoms with E-state index in [0.717, 1.165) is 36.5 Å². The first-order chi connectivity index (χ1) is 14.1. The van der Waals surface area contributed by atoms with Crippen molar-refractivity contribution in [1.82, 2.24) is 19.8 Å². The number of hydrogen-bond acceptors (Lipinski definition) is 4.